The first-order valence-electron chi connectivity index (χ1n) is 10.1. The Balaban J connectivity index is 1.70. The predicted octanol–water partition coefficient (Wildman–Crippen LogP) is 4.10. The molecule has 0 radical (unpaired) electrons. The lowest BCUT2D eigenvalue weighted by Gasteiger charge is -2.09. The average Bonchev–Trinajstić information content (AvgIpc) is 3.44. The number of benzene rings is 1. The van der Waals surface area contributed by atoms with Crippen molar-refractivity contribution in [3.05, 3.63) is 68.2 Å². The van der Waals surface area contributed by atoms with Crippen LogP contribution in [-0.4, -0.2) is 38.0 Å². The minimum atomic E-state index is -0.582. The summed E-state index contributed by atoms with van der Waals surface area (Å²) in [4.78, 5) is 38.5. The molecule has 1 aromatic carbocycles. The van der Waals surface area contributed by atoms with Gasteiger partial charge in [-0.2, -0.15) is 0 Å². The van der Waals surface area contributed by atoms with Crippen LogP contribution >= 0.6 is 22.7 Å². The molecule has 0 aliphatic heterocycles. The van der Waals surface area contributed by atoms with Gasteiger partial charge < -0.3 is 20.7 Å². The fourth-order valence-electron chi connectivity index (χ4n) is 2.92. The molecule has 3 aromatic rings. The van der Waals surface area contributed by atoms with Crippen molar-refractivity contribution in [2.24, 2.45) is 0 Å². The van der Waals surface area contributed by atoms with E-state index >= 15 is 0 Å². The molecule has 0 aliphatic carbocycles. The summed E-state index contributed by atoms with van der Waals surface area (Å²) in [6.07, 6.45) is 0. The Labute approximate surface area is 200 Å². The van der Waals surface area contributed by atoms with Crippen LogP contribution in [-0.2, 0) is 9.53 Å². The number of carbonyl (C=O) groups is 3. The van der Waals surface area contributed by atoms with Gasteiger partial charge in [0.05, 0.1) is 28.5 Å². The highest BCUT2D eigenvalue weighted by molar-refractivity contribution is 7.18. The van der Waals surface area contributed by atoms with Crippen LogP contribution in [0.25, 0.3) is 0 Å². The van der Waals surface area contributed by atoms with Crippen LogP contribution < -0.4 is 16.0 Å². The summed E-state index contributed by atoms with van der Waals surface area (Å²) in [7, 11) is 1.51. The van der Waals surface area contributed by atoms with Crippen LogP contribution in [0.15, 0.2) is 41.8 Å². The quantitative estimate of drug-likeness (QED) is 0.349. The van der Waals surface area contributed by atoms with Gasteiger partial charge in [0.1, 0.15) is 5.00 Å². The van der Waals surface area contributed by atoms with Crippen molar-refractivity contribution >= 4 is 51.1 Å². The Morgan fingerprint density at radius 1 is 1.12 bits per heavy atom. The van der Waals surface area contributed by atoms with Crippen molar-refractivity contribution in [2.75, 3.05) is 30.8 Å². The van der Waals surface area contributed by atoms with E-state index in [0.29, 0.717) is 10.4 Å². The third-order valence-corrected chi connectivity index (χ3v) is 6.47. The molecular weight excluding hydrogens is 458 g/mol. The molecule has 2 heterocycles. The third-order valence-electron chi connectivity index (χ3n) is 4.48. The Morgan fingerprint density at radius 2 is 1.94 bits per heavy atom. The molecule has 0 fully saturated rings. The van der Waals surface area contributed by atoms with Crippen molar-refractivity contribution in [2.45, 2.75) is 13.8 Å². The molecule has 0 saturated heterocycles. The second-order valence-corrected chi connectivity index (χ2v) is 8.74. The number of hydrogen-bond acceptors (Lipinski definition) is 7. The number of hydrogen-bond donors (Lipinski definition) is 3. The van der Waals surface area contributed by atoms with Crippen LogP contribution in [0.4, 0.5) is 10.7 Å². The maximum absolute atomic E-state index is 12.6. The highest BCUT2D eigenvalue weighted by Gasteiger charge is 2.26. The number of amides is 2. The van der Waals surface area contributed by atoms with E-state index in [4.69, 9.17) is 4.74 Å². The first kappa shape index (κ1) is 24.0. The molecule has 3 rings (SSSR count). The summed E-state index contributed by atoms with van der Waals surface area (Å²) in [6.45, 7) is 3.50. The Morgan fingerprint density at radius 3 is 2.64 bits per heavy atom. The van der Waals surface area contributed by atoms with Crippen LogP contribution in [0.2, 0.25) is 0 Å². The molecule has 0 bridgehead atoms. The van der Waals surface area contributed by atoms with E-state index in [1.54, 1.807) is 25.2 Å². The Bertz CT molecular complexity index is 1220. The maximum Gasteiger partial charge on any atom is 0.341 e. The summed E-state index contributed by atoms with van der Waals surface area (Å²) in [5, 5.41) is 10.6. The second-order valence-electron chi connectivity index (χ2n) is 6.77. The van der Waals surface area contributed by atoms with E-state index in [1.165, 1.54) is 7.05 Å². The fraction of sp³-hybridized carbons (Fsp3) is 0.208. The molecule has 0 aliphatic rings. The smallest absolute Gasteiger partial charge is 0.341 e. The standard InChI is InChI=1S/C24H23N3O4S2/c1-4-31-24(30)20-15(2)21(22(29)25-3)33-23(20)27-19(28)14-26-17-8-5-7-16(13-17)10-11-18-9-6-12-32-18/h5-9,12-13,26H,4,14H2,1-3H3,(H,25,29)(H,27,28). The van der Waals surface area contributed by atoms with E-state index < -0.39 is 5.97 Å². The van der Waals surface area contributed by atoms with Gasteiger partial charge in [0, 0.05) is 18.3 Å². The maximum atomic E-state index is 12.6. The van der Waals surface area contributed by atoms with E-state index in [1.807, 2.05) is 41.8 Å². The molecule has 0 spiro atoms. The summed E-state index contributed by atoms with van der Waals surface area (Å²) >= 11 is 2.62. The molecule has 0 saturated carbocycles. The number of ether oxygens (including phenoxy) is 1. The second kappa shape index (κ2) is 11.3. The number of esters is 1. The minimum Gasteiger partial charge on any atom is -0.462 e. The van der Waals surface area contributed by atoms with E-state index in [9.17, 15) is 14.4 Å². The SMILES string of the molecule is CCOC(=O)c1c(NC(=O)CNc2cccc(C#Cc3cccs3)c2)sc(C(=O)NC)c1C. The van der Waals surface area contributed by atoms with Crippen LogP contribution in [0.1, 0.15) is 43.0 Å². The lowest BCUT2D eigenvalue weighted by Crippen LogP contribution is -2.22. The molecule has 3 N–H and O–H groups in total. The van der Waals surface area contributed by atoms with Gasteiger partial charge in [0.2, 0.25) is 5.91 Å². The van der Waals surface area contributed by atoms with Crippen molar-refractivity contribution in [1.29, 1.82) is 0 Å². The zero-order valence-corrected chi connectivity index (χ0v) is 20.0. The molecule has 33 heavy (non-hydrogen) atoms. The van der Waals surface area contributed by atoms with Gasteiger partial charge in [-0.25, -0.2) is 4.79 Å². The van der Waals surface area contributed by atoms with Gasteiger partial charge in [0.15, 0.2) is 0 Å². The molecular formula is C24H23N3O4S2. The molecule has 0 atom stereocenters. The van der Waals surface area contributed by atoms with Gasteiger partial charge in [-0.05, 0) is 49.1 Å². The highest BCUT2D eigenvalue weighted by Crippen LogP contribution is 2.33. The van der Waals surface area contributed by atoms with Crippen molar-refractivity contribution in [1.82, 2.24) is 5.32 Å². The molecule has 2 aromatic heterocycles. The number of rotatable bonds is 7. The normalized spacial score (nSPS) is 10.0. The molecule has 7 nitrogen and oxygen atoms in total. The van der Waals surface area contributed by atoms with Gasteiger partial charge in [-0.3, -0.25) is 9.59 Å². The fourth-order valence-corrected chi connectivity index (χ4v) is 4.65. The summed E-state index contributed by atoms with van der Waals surface area (Å²) in [5.41, 5.74) is 2.22. The van der Waals surface area contributed by atoms with E-state index in [2.05, 4.69) is 27.8 Å². The monoisotopic (exact) mass is 481 g/mol. The first-order chi connectivity index (χ1) is 15.9. The van der Waals surface area contributed by atoms with Crippen LogP contribution in [0.5, 0.6) is 0 Å². The summed E-state index contributed by atoms with van der Waals surface area (Å²) in [6, 6.07) is 11.4. The van der Waals surface area contributed by atoms with Gasteiger partial charge in [0.25, 0.3) is 5.91 Å². The highest BCUT2D eigenvalue weighted by atomic mass is 32.1. The largest absolute Gasteiger partial charge is 0.462 e. The van der Waals surface area contributed by atoms with Gasteiger partial charge in [-0.15, -0.1) is 22.7 Å². The topological polar surface area (TPSA) is 96.5 Å². The minimum absolute atomic E-state index is 0.0314. The Hall–Kier alpha value is -3.61. The zero-order chi connectivity index (χ0) is 23.8. The lowest BCUT2D eigenvalue weighted by atomic mass is 10.1. The van der Waals surface area contributed by atoms with Crippen molar-refractivity contribution < 1.29 is 19.1 Å². The van der Waals surface area contributed by atoms with Crippen molar-refractivity contribution in [3.63, 3.8) is 0 Å². The lowest BCUT2D eigenvalue weighted by molar-refractivity contribution is -0.114. The molecule has 0 unspecified atom stereocenters. The number of carbonyl (C=O) groups excluding carboxylic acids is 3. The number of nitrogens with one attached hydrogen (secondary N) is 3. The first-order valence-corrected chi connectivity index (χ1v) is 11.8. The molecule has 2 amide bonds. The van der Waals surface area contributed by atoms with Crippen LogP contribution in [0.3, 0.4) is 0 Å². The van der Waals surface area contributed by atoms with Crippen molar-refractivity contribution in [3.8, 4) is 11.8 Å². The summed E-state index contributed by atoms with van der Waals surface area (Å²) < 4.78 is 5.11. The van der Waals surface area contributed by atoms with Gasteiger partial charge >= 0.3 is 5.97 Å². The summed E-state index contributed by atoms with van der Waals surface area (Å²) in [5.74, 6) is 4.93. The molecule has 9 heteroatoms. The zero-order valence-electron chi connectivity index (χ0n) is 18.4. The number of anilines is 2. The number of thiophene rings is 2. The average molecular weight is 482 g/mol. The Kier molecular flexibility index (Phi) is 8.24. The molecule has 170 valence electrons. The van der Waals surface area contributed by atoms with E-state index in [0.717, 1.165) is 27.5 Å². The third kappa shape index (κ3) is 6.22. The van der Waals surface area contributed by atoms with Crippen LogP contribution in [0, 0.1) is 18.8 Å². The van der Waals surface area contributed by atoms with E-state index in [-0.39, 0.29) is 35.5 Å². The predicted molar refractivity (Wildman–Crippen MR) is 132 cm³/mol. The van der Waals surface area contributed by atoms with Gasteiger partial charge in [-0.1, -0.05) is 24.0 Å².